The minimum absolute atomic E-state index is 0.104. The zero-order valence-electron chi connectivity index (χ0n) is 6.58. The third-order valence-electron chi connectivity index (χ3n) is 2.24. The van der Waals surface area contributed by atoms with Crippen LogP contribution in [0.15, 0.2) is 0 Å². The molecule has 0 aliphatic carbocycles. The molecule has 1 aliphatic heterocycles. The maximum atomic E-state index is 11.0. The van der Waals surface area contributed by atoms with Crippen LogP contribution in [0.25, 0.3) is 0 Å². The van der Waals surface area contributed by atoms with Crippen molar-refractivity contribution in [3.63, 3.8) is 0 Å². The van der Waals surface area contributed by atoms with Crippen molar-refractivity contribution in [2.45, 2.75) is 13.3 Å². The number of sulfone groups is 1. The van der Waals surface area contributed by atoms with E-state index in [9.17, 15) is 8.42 Å². The summed E-state index contributed by atoms with van der Waals surface area (Å²) in [6.07, 6.45) is 5.94. The SMILES string of the molecule is C#CC(C)C1CCS(=O)(=O)C1. The first-order valence-corrected chi connectivity index (χ1v) is 5.54. The molecule has 1 fully saturated rings. The molecule has 2 atom stereocenters. The minimum atomic E-state index is -2.75. The summed E-state index contributed by atoms with van der Waals surface area (Å²) in [5, 5.41) is 0. The van der Waals surface area contributed by atoms with Crippen LogP contribution in [-0.2, 0) is 9.84 Å². The van der Waals surface area contributed by atoms with E-state index in [0.717, 1.165) is 6.42 Å². The van der Waals surface area contributed by atoms with Gasteiger partial charge in [0, 0.05) is 5.92 Å². The van der Waals surface area contributed by atoms with Gasteiger partial charge >= 0.3 is 0 Å². The van der Waals surface area contributed by atoms with E-state index < -0.39 is 9.84 Å². The Bertz CT molecular complexity index is 271. The molecule has 1 aliphatic rings. The van der Waals surface area contributed by atoms with Crippen LogP contribution in [0.3, 0.4) is 0 Å². The summed E-state index contributed by atoms with van der Waals surface area (Å²) >= 11 is 0. The standard InChI is InChI=1S/C8H12O2S/c1-3-7(2)8-4-5-11(9,10)6-8/h1,7-8H,4-6H2,2H3. The van der Waals surface area contributed by atoms with E-state index in [4.69, 9.17) is 6.42 Å². The van der Waals surface area contributed by atoms with Crippen LogP contribution in [0.2, 0.25) is 0 Å². The molecule has 0 bridgehead atoms. The zero-order chi connectivity index (χ0) is 8.48. The molecular weight excluding hydrogens is 160 g/mol. The predicted molar refractivity (Wildman–Crippen MR) is 44.8 cm³/mol. The van der Waals surface area contributed by atoms with E-state index in [-0.39, 0.29) is 11.8 Å². The fourth-order valence-corrected chi connectivity index (χ4v) is 3.29. The molecule has 0 aromatic carbocycles. The molecule has 0 N–H and O–H groups in total. The maximum absolute atomic E-state index is 11.0. The normalized spacial score (nSPS) is 31.1. The van der Waals surface area contributed by atoms with E-state index in [1.54, 1.807) is 0 Å². The van der Waals surface area contributed by atoms with Crippen LogP contribution < -0.4 is 0 Å². The van der Waals surface area contributed by atoms with Crippen molar-refractivity contribution in [2.75, 3.05) is 11.5 Å². The molecule has 1 saturated heterocycles. The van der Waals surface area contributed by atoms with Gasteiger partial charge in [-0.3, -0.25) is 0 Å². The first-order chi connectivity index (χ1) is 5.05. The Morgan fingerprint density at radius 2 is 2.27 bits per heavy atom. The molecular formula is C8H12O2S. The average molecular weight is 172 g/mol. The molecule has 0 amide bonds. The van der Waals surface area contributed by atoms with Gasteiger partial charge in [0.05, 0.1) is 11.5 Å². The monoisotopic (exact) mass is 172 g/mol. The second-order valence-electron chi connectivity index (χ2n) is 3.12. The first kappa shape index (κ1) is 8.61. The van der Waals surface area contributed by atoms with Crippen molar-refractivity contribution in [3.8, 4) is 12.3 Å². The lowest BCUT2D eigenvalue weighted by molar-refractivity contribution is 0.483. The highest BCUT2D eigenvalue weighted by molar-refractivity contribution is 7.91. The molecule has 11 heavy (non-hydrogen) atoms. The zero-order valence-corrected chi connectivity index (χ0v) is 7.39. The Labute approximate surface area is 67.9 Å². The van der Waals surface area contributed by atoms with Gasteiger partial charge in [-0.25, -0.2) is 8.42 Å². The Hall–Kier alpha value is -0.490. The summed E-state index contributed by atoms with van der Waals surface area (Å²) < 4.78 is 22.0. The summed E-state index contributed by atoms with van der Waals surface area (Å²) in [4.78, 5) is 0. The Balaban J connectivity index is 2.64. The molecule has 1 rings (SSSR count). The van der Waals surface area contributed by atoms with Gasteiger partial charge in [-0.2, -0.15) is 0 Å². The quantitative estimate of drug-likeness (QED) is 0.545. The number of hydrogen-bond donors (Lipinski definition) is 0. The first-order valence-electron chi connectivity index (χ1n) is 3.72. The van der Waals surface area contributed by atoms with Crippen molar-refractivity contribution in [2.24, 2.45) is 11.8 Å². The van der Waals surface area contributed by atoms with E-state index in [1.165, 1.54) is 0 Å². The van der Waals surface area contributed by atoms with Gasteiger partial charge in [0.2, 0.25) is 0 Å². The topological polar surface area (TPSA) is 34.1 Å². The minimum Gasteiger partial charge on any atom is -0.229 e. The maximum Gasteiger partial charge on any atom is 0.150 e. The van der Waals surface area contributed by atoms with Gasteiger partial charge < -0.3 is 0 Å². The molecule has 3 heteroatoms. The van der Waals surface area contributed by atoms with E-state index in [0.29, 0.717) is 11.5 Å². The average Bonchev–Trinajstić information content (AvgIpc) is 2.29. The van der Waals surface area contributed by atoms with Crippen molar-refractivity contribution in [1.82, 2.24) is 0 Å². The van der Waals surface area contributed by atoms with E-state index in [2.05, 4.69) is 5.92 Å². The van der Waals surface area contributed by atoms with Crippen molar-refractivity contribution in [1.29, 1.82) is 0 Å². The highest BCUT2D eigenvalue weighted by Gasteiger charge is 2.30. The Morgan fingerprint density at radius 3 is 2.64 bits per heavy atom. The van der Waals surface area contributed by atoms with Gasteiger partial charge in [0.1, 0.15) is 0 Å². The molecule has 62 valence electrons. The fraction of sp³-hybridized carbons (Fsp3) is 0.750. The third-order valence-corrected chi connectivity index (χ3v) is 4.03. The Morgan fingerprint density at radius 1 is 1.64 bits per heavy atom. The number of hydrogen-bond acceptors (Lipinski definition) is 2. The summed E-state index contributed by atoms with van der Waals surface area (Å²) in [7, 11) is -2.75. The number of rotatable bonds is 1. The van der Waals surface area contributed by atoms with Crippen molar-refractivity contribution < 1.29 is 8.42 Å². The lowest BCUT2D eigenvalue weighted by atomic mass is 9.95. The lowest BCUT2D eigenvalue weighted by Gasteiger charge is -2.09. The largest absolute Gasteiger partial charge is 0.229 e. The fourth-order valence-electron chi connectivity index (χ4n) is 1.35. The van der Waals surface area contributed by atoms with Crippen molar-refractivity contribution >= 4 is 9.84 Å². The molecule has 2 unspecified atom stereocenters. The van der Waals surface area contributed by atoms with Crippen LogP contribution in [-0.4, -0.2) is 19.9 Å². The highest BCUT2D eigenvalue weighted by atomic mass is 32.2. The van der Waals surface area contributed by atoms with E-state index in [1.807, 2.05) is 6.92 Å². The second-order valence-corrected chi connectivity index (χ2v) is 5.35. The molecule has 2 nitrogen and oxygen atoms in total. The summed E-state index contributed by atoms with van der Waals surface area (Å²) in [5.74, 6) is 3.50. The summed E-state index contributed by atoms with van der Waals surface area (Å²) in [6.45, 7) is 1.91. The smallest absolute Gasteiger partial charge is 0.150 e. The third kappa shape index (κ3) is 1.97. The molecule has 0 aromatic heterocycles. The molecule has 0 saturated carbocycles. The van der Waals surface area contributed by atoms with Crippen LogP contribution in [0, 0.1) is 24.2 Å². The molecule has 0 spiro atoms. The predicted octanol–water partition coefficient (Wildman–Crippen LogP) is 0.690. The number of terminal acetylenes is 1. The van der Waals surface area contributed by atoms with Crippen LogP contribution >= 0.6 is 0 Å². The summed E-state index contributed by atoms with van der Waals surface area (Å²) in [6, 6.07) is 0. The molecule has 0 aromatic rings. The van der Waals surface area contributed by atoms with Gasteiger partial charge in [-0.1, -0.05) is 6.92 Å². The van der Waals surface area contributed by atoms with Gasteiger partial charge in [0.25, 0.3) is 0 Å². The van der Waals surface area contributed by atoms with E-state index >= 15 is 0 Å². The molecule has 0 radical (unpaired) electrons. The van der Waals surface area contributed by atoms with Gasteiger partial charge in [-0.05, 0) is 12.3 Å². The van der Waals surface area contributed by atoms with Crippen molar-refractivity contribution in [3.05, 3.63) is 0 Å². The van der Waals surface area contributed by atoms with Crippen LogP contribution in [0.1, 0.15) is 13.3 Å². The van der Waals surface area contributed by atoms with Crippen LogP contribution in [0.5, 0.6) is 0 Å². The van der Waals surface area contributed by atoms with Crippen LogP contribution in [0.4, 0.5) is 0 Å². The van der Waals surface area contributed by atoms with Gasteiger partial charge in [-0.15, -0.1) is 12.3 Å². The lowest BCUT2D eigenvalue weighted by Crippen LogP contribution is -2.11. The second kappa shape index (κ2) is 2.86. The highest BCUT2D eigenvalue weighted by Crippen LogP contribution is 2.24. The molecule has 1 heterocycles. The Kier molecular flexibility index (Phi) is 2.24. The van der Waals surface area contributed by atoms with Gasteiger partial charge in [0.15, 0.2) is 9.84 Å². The summed E-state index contributed by atoms with van der Waals surface area (Å²) in [5.41, 5.74) is 0.